The van der Waals surface area contributed by atoms with E-state index in [0.717, 1.165) is 33.2 Å². The topological polar surface area (TPSA) is 66.5 Å². The number of nitrogens with zero attached hydrogens (tertiary/aromatic N) is 1. The molecule has 1 heterocycles. The van der Waals surface area contributed by atoms with Crippen molar-refractivity contribution in [3.63, 3.8) is 0 Å². The van der Waals surface area contributed by atoms with Crippen LogP contribution in [0.2, 0.25) is 0 Å². The normalized spacial score (nSPS) is 15.0. The average Bonchev–Trinajstić information content (AvgIpc) is 2.89. The summed E-state index contributed by atoms with van der Waals surface area (Å²) in [4.78, 5) is 39.9. The first-order valence-corrected chi connectivity index (χ1v) is 11.7. The van der Waals surface area contributed by atoms with Gasteiger partial charge >= 0.3 is 6.03 Å². The molecule has 1 aliphatic rings. The van der Waals surface area contributed by atoms with Crippen molar-refractivity contribution in [2.45, 2.75) is 19.8 Å². The molecule has 1 N–H and O–H groups in total. The van der Waals surface area contributed by atoms with Gasteiger partial charge in [-0.05, 0) is 63.7 Å². The Morgan fingerprint density at radius 2 is 1.56 bits per heavy atom. The van der Waals surface area contributed by atoms with E-state index < -0.39 is 17.8 Å². The molecule has 0 radical (unpaired) electrons. The average molecular weight is 479 g/mol. The number of anilines is 1. The lowest BCUT2D eigenvalue weighted by molar-refractivity contribution is -0.122. The van der Waals surface area contributed by atoms with Gasteiger partial charge < -0.3 is 0 Å². The van der Waals surface area contributed by atoms with E-state index in [0.29, 0.717) is 16.8 Å². The first-order valence-electron chi connectivity index (χ1n) is 11.7. The largest absolute Gasteiger partial charge is 0.335 e. The Morgan fingerprint density at radius 1 is 0.833 bits per heavy atom. The highest BCUT2D eigenvalue weighted by Gasteiger charge is 2.37. The maximum Gasteiger partial charge on any atom is 0.335 e. The Labute approximate surface area is 207 Å². The number of urea groups is 1. The van der Waals surface area contributed by atoms with Crippen LogP contribution in [-0.2, 0) is 22.4 Å². The summed E-state index contributed by atoms with van der Waals surface area (Å²) in [6.07, 6.45) is 2.60. The lowest BCUT2D eigenvalue weighted by Gasteiger charge is -2.26. The van der Waals surface area contributed by atoms with E-state index in [4.69, 9.17) is 0 Å². The predicted molar refractivity (Wildman–Crippen MR) is 138 cm³/mol. The number of hydrogen-bond acceptors (Lipinski definition) is 3. The zero-order chi connectivity index (χ0) is 25.2. The Hall–Kier alpha value is -4.58. The van der Waals surface area contributed by atoms with Crippen molar-refractivity contribution in [3.8, 4) is 0 Å². The van der Waals surface area contributed by atoms with Crippen LogP contribution in [0.4, 0.5) is 14.9 Å². The number of imide groups is 2. The third-order valence-corrected chi connectivity index (χ3v) is 6.39. The highest BCUT2D eigenvalue weighted by molar-refractivity contribution is 6.39. The van der Waals surface area contributed by atoms with Crippen molar-refractivity contribution in [2.75, 3.05) is 4.90 Å². The molecule has 4 aromatic rings. The summed E-state index contributed by atoms with van der Waals surface area (Å²) in [5, 5.41) is 4.01. The highest BCUT2D eigenvalue weighted by atomic mass is 19.1. The predicted octanol–water partition coefficient (Wildman–Crippen LogP) is 5.80. The van der Waals surface area contributed by atoms with E-state index in [1.807, 2.05) is 55.5 Å². The van der Waals surface area contributed by atoms with Crippen LogP contribution in [0.3, 0.4) is 0 Å². The molecule has 36 heavy (non-hydrogen) atoms. The molecule has 4 aromatic carbocycles. The molecule has 1 fully saturated rings. The van der Waals surface area contributed by atoms with Crippen LogP contribution in [-0.4, -0.2) is 17.8 Å². The fourth-order valence-electron chi connectivity index (χ4n) is 4.43. The lowest BCUT2D eigenvalue weighted by atomic mass is 9.92. The molecular formula is C30H23FN2O3. The number of rotatable bonds is 5. The minimum atomic E-state index is -0.795. The zero-order valence-electron chi connectivity index (χ0n) is 19.6. The van der Waals surface area contributed by atoms with E-state index in [2.05, 4.69) is 5.32 Å². The van der Waals surface area contributed by atoms with Crippen molar-refractivity contribution < 1.29 is 18.8 Å². The molecule has 1 saturated heterocycles. The summed E-state index contributed by atoms with van der Waals surface area (Å²) in [6, 6.07) is 24.2. The van der Waals surface area contributed by atoms with Crippen molar-refractivity contribution in [1.29, 1.82) is 0 Å². The third-order valence-electron chi connectivity index (χ3n) is 6.39. The van der Waals surface area contributed by atoms with E-state index >= 15 is 0 Å². The first-order chi connectivity index (χ1) is 17.5. The SMILES string of the molecule is CCc1ccc(N2C(=O)NC(=O)/C(=C\c3c(Cc4ccccc4F)ccc4ccccc34)C2=O)cc1. The minimum absolute atomic E-state index is 0.166. The van der Waals surface area contributed by atoms with Gasteiger partial charge in [0.2, 0.25) is 0 Å². The Balaban J connectivity index is 1.63. The molecule has 5 nitrogen and oxygen atoms in total. The standard InChI is InChI=1S/C30H23FN2O3/c1-2-19-11-15-23(16-12-19)33-29(35)26(28(34)32-30(33)36)18-25-21(17-22-8-4-6-10-27(22)31)14-13-20-7-3-5-9-24(20)25/h3-16,18H,2,17H2,1H3,(H,32,34,36)/b26-18+. The molecule has 0 aromatic heterocycles. The number of aryl methyl sites for hydroxylation is 1. The molecule has 1 aliphatic heterocycles. The van der Waals surface area contributed by atoms with Crippen molar-refractivity contribution in [3.05, 3.63) is 119 Å². The van der Waals surface area contributed by atoms with E-state index in [9.17, 15) is 18.8 Å². The highest BCUT2D eigenvalue weighted by Crippen LogP contribution is 2.29. The number of fused-ring (bicyclic) bond motifs is 1. The van der Waals surface area contributed by atoms with Gasteiger partial charge in [-0.3, -0.25) is 14.9 Å². The lowest BCUT2D eigenvalue weighted by Crippen LogP contribution is -2.54. The number of nitrogens with one attached hydrogen (secondary N) is 1. The van der Waals surface area contributed by atoms with Crippen LogP contribution in [0.15, 0.2) is 90.5 Å². The van der Waals surface area contributed by atoms with Gasteiger partial charge in [0.05, 0.1) is 5.69 Å². The van der Waals surface area contributed by atoms with Gasteiger partial charge in [0.1, 0.15) is 11.4 Å². The van der Waals surface area contributed by atoms with Crippen LogP contribution in [0.25, 0.3) is 16.8 Å². The molecule has 0 unspecified atom stereocenters. The van der Waals surface area contributed by atoms with Crippen LogP contribution in [0, 0.1) is 5.82 Å². The summed E-state index contributed by atoms with van der Waals surface area (Å²) in [5.41, 5.74) is 3.15. The number of carbonyl (C=O) groups is 3. The molecular weight excluding hydrogens is 455 g/mol. The molecule has 0 aliphatic carbocycles. The Bertz CT molecular complexity index is 1540. The van der Waals surface area contributed by atoms with Gasteiger partial charge in [0.25, 0.3) is 11.8 Å². The maximum atomic E-state index is 14.5. The van der Waals surface area contributed by atoms with E-state index in [1.165, 1.54) is 12.1 Å². The van der Waals surface area contributed by atoms with Crippen LogP contribution in [0.5, 0.6) is 0 Å². The maximum absolute atomic E-state index is 14.5. The minimum Gasteiger partial charge on any atom is -0.273 e. The molecule has 6 heteroatoms. The number of hydrogen-bond donors (Lipinski definition) is 1. The molecule has 0 spiro atoms. The Kier molecular flexibility index (Phi) is 6.17. The van der Waals surface area contributed by atoms with Gasteiger partial charge in [0.15, 0.2) is 0 Å². The van der Waals surface area contributed by atoms with Crippen LogP contribution < -0.4 is 10.2 Å². The van der Waals surface area contributed by atoms with Gasteiger partial charge in [-0.1, -0.05) is 73.7 Å². The fourth-order valence-corrected chi connectivity index (χ4v) is 4.43. The van der Waals surface area contributed by atoms with E-state index in [-0.39, 0.29) is 17.8 Å². The number of carbonyl (C=O) groups excluding carboxylic acids is 3. The third kappa shape index (κ3) is 4.29. The number of halogens is 1. The molecule has 4 amide bonds. The zero-order valence-corrected chi connectivity index (χ0v) is 19.6. The second-order valence-corrected chi connectivity index (χ2v) is 8.61. The van der Waals surface area contributed by atoms with Crippen molar-refractivity contribution in [2.24, 2.45) is 0 Å². The summed E-state index contributed by atoms with van der Waals surface area (Å²) >= 11 is 0. The summed E-state index contributed by atoms with van der Waals surface area (Å²) in [6.45, 7) is 2.01. The molecule has 0 atom stereocenters. The number of benzene rings is 4. The Morgan fingerprint density at radius 3 is 2.31 bits per heavy atom. The van der Waals surface area contributed by atoms with E-state index in [1.54, 1.807) is 30.3 Å². The van der Waals surface area contributed by atoms with Crippen LogP contribution in [0.1, 0.15) is 29.2 Å². The quantitative estimate of drug-likeness (QED) is 0.291. The van der Waals surface area contributed by atoms with Gasteiger partial charge in [0, 0.05) is 6.42 Å². The van der Waals surface area contributed by atoms with Gasteiger partial charge in [-0.25, -0.2) is 14.1 Å². The fraction of sp³-hybridized carbons (Fsp3) is 0.100. The summed E-state index contributed by atoms with van der Waals surface area (Å²) in [7, 11) is 0. The number of barbiturate groups is 1. The first kappa shape index (κ1) is 23.2. The van der Waals surface area contributed by atoms with Gasteiger partial charge in [-0.15, -0.1) is 0 Å². The van der Waals surface area contributed by atoms with Gasteiger partial charge in [-0.2, -0.15) is 0 Å². The number of amides is 4. The monoisotopic (exact) mass is 478 g/mol. The van der Waals surface area contributed by atoms with Crippen molar-refractivity contribution in [1.82, 2.24) is 5.32 Å². The van der Waals surface area contributed by atoms with Crippen molar-refractivity contribution >= 4 is 40.4 Å². The smallest absolute Gasteiger partial charge is 0.273 e. The second kappa shape index (κ2) is 9.58. The molecule has 5 rings (SSSR count). The van der Waals surface area contributed by atoms with Crippen LogP contribution >= 0.6 is 0 Å². The summed E-state index contributed by atoms with van der Waals surface area (Å²) in [5.74, 6) is -1.81. The molecule has 178 valence electrons. The summed E-state index contributed by atoms with van der Waals surface area (Å²) < 4.78 is 14.5. The molecule has 0 saturated carbocycles. The molecule has 0 bridgehead atoms. The second-order valence-electron chi connectivity index (χ2n) is 8.61.